The summed E-state index contributed by atoms with van der Waals surface area (Å²) in [5, 5.41) is 21.2. The van der Waals surface area contributed by atoms with Crippen molar-refractivity contribution in [2.24, 2.45) is 23.7 Å². The average molecular weight is 389 g/mol. The Balaban J connectivity index is 1.38. The molecule has 0 saturated heterocycles. The third kappa shape index (κ3) is 3.49. The zero-order valence-electron chi connectivity index (χ0n) is 16.3. The van der Waals surface area contributed by atoms with Crippen molar-refractivity contribution in [3.05, 3.63) is 5.89 Å². The van der Waals surface area contributed by atoms with Crippen LogP contribution in [-0.2, 0) is 10.2 Å². The number of carbonyl (C=O) groups is 1. The van der Waals surface area contributed by atoms with Gasteiger partial charge in [0.15, 0.2) is 0 Å². The first kappa shape index (κ1) is 18.8. The first-order valence-electron chi connectivity index (χ1n) is 10.0. The number of nitrogens with zero attached hydrogens (tertiary/aromatic N) is 3. The number of rotatable bonds is 6. The number of nitriles is 1. The minimum Gasteiger partial charge on any atom is -0.415 e. The summed E-state index contributed by atoms with van der Waals surface area (Å²) in [6.45, 7) is 5.59. The smallest absolute Gasteiger partial charge is 0.277 e. The summed E-state index contributed by atoms with van der Waals surface area (Å²) in [6, 6.07) is 2.19. The summed E-state index contributed by atoms with van der Waals surface area (Å²) in [6.07, 6.45) is 7.68. The van der Waals surface area contributed by atoms with E-state index >= 15 is 0 Å². The fourth-order valence-electron chi connectivity index (χ4n) is 5.61. The van der Waals surface area contributed by atoms with Crippen LogP contribution in [0.1, 0.15) is 65.2 Å². The molecule has 4 fully saturated rings. The molecule has 1 amide bonds. The van der Waals surface area contributed by atoms with Crippen LogP contribution in [0.5, 0.6) is 0 Å². The average Bonchev–Trinajstić information content (AvgIpc) is 3.08. The Morgan fingerprint density at radius 2 is 1.89 bits per heavy atom. The molecule has 1 aromatic rings. The SMILES string of the molecule is CC(C)C(C)(C#N)NC(=O)CSc1nnc(C23CC4CC(CC(C4)C2)C3)o1. The first-order valence-corrected chi connectivity index (χ1v) is 11.0. The van der Waals surface area contributed by atoms with Crippen molar-refractivity contribution < 1.29 is 9.21 Å². The van der Waals surface area contributed by atoms with Gasteiger partial charge in [-0.15, -0.1) is 10.2 Å². The van der Waals surface area contributed by atoms with Gasteiger partial charge in [-0.25, -0.2) is 0 Å². The lowest BCUT2D eigenvalue weighted by Crippen LogP contribution is -2.49. The van der Waals surface area contributed by atoms with Crippen molar-refractivity contribution >= 4 is 17.7 Å². The van der Waals surface area contributed by atoms with Crippen LogP contribution in [0.4, 0.5) is 0 Å². The topological polar surface area (TPSA) is 91.8 Å². The normalized spacial score (nSPS) is 33.7. The Morgan fingerprint density at radius 3 is 2.41 bits per heavy atom. The molecule has 1 aromatic heterocycles. The van der Waals surface area contributed by atoms with Crippen LogP contribution < -0.4 is 5.32 Å². The molecule has 4 saturated carbocycles. The summed E-state index contributed by atoms with van der Waals surface area (Å²) >= 11 is 1.25. The van der Waals surface area contributed by atoms with E-state index in [1.807, 2.05) is 13.8 Å². The number of aromatic nitrogens is 2. The van der Waals surface area contributed by atoms with E-state index in [0.29, 0.717) is 5.22 Å². The van der Waals surface area contributed by atoms with Crippen LogP contribution in [0, 0.1) is 35.0 Å². The van der Waals surface area contributed by atoms with Crippen LogP contribution in [-0.4, -0.2) is 27.4 Å². The third-order valence-electron chi connectivity index (χ3n) is 7.01. The summed E-state index contributed by atoms with van der Waals surface area (Å²) in [5.74, 6) is 3.27. The van der Waals surface area contributed by atoms with E-state index in [2.05, 4.69) is 21.6 Å². The molecule has 6 nitrogen and oxygen atoms in total. The van der Waals surface area contributed by atoms with E-state index in [4.69, 9.17) is 4.42 Å². The minimum absolute atomic E-state index is 0.0301. The quantitative estimate of drug-likeness (QED) is 0.747. The van der Waals surface area contributed by atoms with Gasteiger partial charge in [-0.1, -0.05) is 25.6 Å². The molecule has 4 aliphatic rings. The van der Waals surface area contributed by atoms with E-state index < -0.39 is 5.54 Å². The standard InChI is InChI=1S/C20H28N4O2S/c1-12(2)19(3,11-21)22-16(25)10-27-18-24-23-17(26-18)20-7-13-4-14(8-20)6-15(5-13)9-20/h12-15H,4-10H2,1-3H3,(H,22,25). The van der Waals surface area contributed by atoms with Crippen molar-refractivity contribution in [2.45, 2.75) is 75.5 Å². The van der Waals surface area contributed by atoms with Gasteiger partial charge < -0.3 is 9.73 Å². The molecule has 0 aromatic carbocycles. The lowest BCUT2D eigenvalue weighted by Gasteiger charge is -2.55. The van der Waals surface area contributed by atoms with Gasteiger partial charge in [0.2, 0.25) is 11.8 Å². The molecule has 27 heavy (non-hydrogen) atoms. The van der Waals surface area contributed by atoms with Crippen LogP contribution >= 0.6 is 11.8 Å². The maximum Gasteiger partial charge on any atom is 0.277 e. The van der Waals surface area contributed by atoms with Crippen molar-refractivity contribution in [2.75, 3.05) is 5.75 Å². The Labute approximate surface area is 164 Å². The largest absolute Gasteiger partial charge is 0.415 e. The molecule has 1 unspecified atom stereocenters. The van der Waals surface area contributed by atoms with Crippen LogP contribution in [0.25, 0.3) is 0 Å². The van der Waals surface area contributed by atoms with E-state index in [0.717, 1.165) is 23.6 Å². The first-order chi connectivity index (χ1) is 12.8. The fraction of sp³-hybridized carbons (Fsp3) is 0.800. The monoisotopic (exact) mass is 388 g/mol. The number of nitrogens with one attached hydrogen (secondary N) is 1. The van der Waals surface area contributed by atoms with Crippen LogP contribution in [0.15, 0.2) is 9.64 Å². The molecular weight excluding hydrogens is 360 g/mol. The fourth-order valence-corrected chi connectivity index (χ4v) is 6.17. The van der Waals surface area contributed by atoms with Gasteiger partial charge in [0.05, 0.1) is 11.8 Å². The molecule has 0 aliphatic heterocycles. The van der Waals surface area contributed by atoms with Gasteiger partial charge in [-0.05, 0) is 69.1 Å². The van der Waals surface area contributed by atoms with Gasteiger partial charge in [-0.2, -0.15) is 5.26 Å². The van der Waals surface area contributed by atoms with Gasteiger partial charge >= 0.3 is 0 Å². The molecule has 0 spiro atoms. The highest BCUT2D eigenvalue weighted by molar-refractivity contribution is 7.99. The van der Waals surface area contributed by atoms with E-state index in [1.54, 1.807) is 6.92 Å². The Kier molecular flexibility index (Phi) is 4.74. The Bertz CT molecular complexity index is 733. The maximum atomic E-state index is 12.3. The number of carbonyl (C=O) groups excluding carboxylic acids is 1. The van der Waals surface area contributed by atoms with Gasteiger partial charge in [0.1, 0.15) is 5.54 Å². The number of hydrogen-bond acceptors (Lipinski definition) is 6. The van der Waals surface area contributed by atoms with E-state index in [-0.39, 0.29) is 23.0 Å². The van der Waals surface area contributed by atoms with Crippen molar-refractivity contribution in [3.63, 3.8) is 0 Å². The summed E-state index contributed by atoms with van der Waals surface area (Å²) in [7, 11) is 0. The number of hydrogen-bond donors (Lipinski definition) is 1. The maximum absolute atomic E-state index is 12.3. The zero-order valence-corrected chi connectivity index (χ0v) is 17.1. The molecule has 5 rings (SSSR count). The highest BCUT2D eigenvalue weighted by Crippen LogP contribution is 2.60. The van der Waals surface area contributed by atoms with Crippen molar-refractivity contribution in [3.8, 4) is 6.07 Å². The summed E-state index contributed by atoms with van der Waals surface area (Å²) in [5.41, 5.74) is -0.781. The van der Waals surface area contributed by atoms with Gasteiger partial charge in [-0.3, -0.25) is 4.79 Å². The second-order valence-corrected chi connectivity index (χ2v) is 10.3. The molecule has 1 atom stereocenters. The summed E-state index contributed by atoms with van der Waals surface area (Å²) in [4.78, 5) is 12.3. The van der Waals surface area contributed by atoms with E-state index in [1.165, 1.54) is 50.3 Å². The highest BCUT2D eigenvalue weighted by Gasteiger charge is 2.54. The molecule has 0 radical (unpaired) electrons. The molecule has 146 valence electrons. The molecule has 1 heterocycles. The lowest BCUT2D eigenvalue weighted by molar-refractivity contribution is -0.120. The molecule has 4 aliphatic carbocycles. The number of thioether (sulfide) groups is 1. The van der Waals surface area contributed by atoms with Crippen LogP contribution in [0.2, 0.25) is 0 Å². The lowest BCUT2D eigenvalue weighted by atomic mass is 9.49. The predicted molar refractivity (Wildman–Crippen MR) is 102 cm³/mol. The second kappa shape index (κ2) is 6.80. The number of amides is 1. The van der Waals surface area contributed by atoms with Gasteiger partial charge in [0.25, 0.3) is 5.22 Å². The van der Waals surface area contributed by atoms with Crippen molar-refractivity contribution in [1.82, 2.24) is 15.5 Å². The minimum atomic E-state index is -0.864. The summed E-state index contributed by atoms with van der Waals surface area (Å²) < 4.78 is 6.02. The van der Waals surface area contributed by atoms with Crippen LogP contribution in [0.3, 0.4) is 0 Å². The van der Waals surface area contributed by atoms with E-state index in [9.17, 15) is 10.1 Å². The zero-order chi connectivity index (χ0) is 19.2. The molecule has 4 bridgehead atoms. The second-order valence-electron chi connectivity index (χ2n) is 9.38. The Morgan fingerprint density at radius 1 is 1.30 bits per heavy atom. The molecule has 1 N–H and O–H groups in total. The predicted octanol–water partition coefficient (Wildman–Crippen LogP) is 3.68. The van der Waals surface area contributed by atoms with Gasteiger partial charge in [0, 0.05) is 5.41 Å². The Hall–Kier alpha value is -1.55. The van der Waals surface area contributed by atoms with Crippen molar-refractivity contribution in [1.29, 1.82) is 5.26 Å². The highest BCUT2D eigenvalue weighted by atomic mass is 32.2. The third-order valence-corrected chi connectivity index (χ3v) is 7.83. The molecular formula is C20H28N4O2S. The molecule has 7 heteroatoms.